The summed E-state index contributed by atoms with van der Waals surface area (Å²) in [6.45, 7) is 11.9. The Kier molecular flexibility index (Phi) is 31.5. The Balaban J connectivity index is -0.000000147. The fourth-order valence-corrected chi connectivity index (χ4v) is 0.854. The number of carbonyl (C=O) groups is 1. The van der Waals surface area contributed by atoms with Crippen molar-refractivity contribution in [3.8, 4) is 0 Å². The van der Waals surface area contributed by atoms with Gasteiger partial charge in [-0.2, -0.15) is 0 Å². The van der Waals surface area contributed by atoms with Crippen molar-refractivity contribution >= 4 is 5.78 Å². The lowest BCUT2D eigenvalue weighted by atomic mass is 10.2. The third-order valence-electron chi connectivity index (χ3n) is 1.66. The van der Waals surface area contributed by atoms with Crippen LogP contribution in [0.2, 0.25) is 0 Å². The Morgan fingerprint density at radius 1 is 0.667 bits per heavy atom. The van der Waals surface area contributed by atoms with Gasteiger partial charge in [-0.25, -0.2) is 0 Å². The van der Waals surface area contributed by atoms with E-state index in [9.17, 15) is 4.79 Å². The lowest BCUT2D eigenvalue weighted by Crippen LogP contribution is -1.69. The molecule has 15 heavy (non-hydrogen) atoms. The SMILES string of the molecule is CC(C)=O.CCCCC.CCCCCC. The molecule has 0 aliphatic carbocycles. The van der Waals surface area contributed by atoms with E-state index in [1.165, 1.54) is 58.8 Å². The van der Waals surface area contributed by atoms with Gasteiger partial charge in [0.2, 0.25) is 0 Å². The van der Waals surface area contributed by atoms with Gasteiger partial charge in [0.05, 0.1) is 0 Å². The molecule has 0 aromatic carbocycles. The summed E-state index contributed by atoms with van der Waals surface area (Å²) in [6.07, 6.45) is 9.61. The minimum absolute atomic E-state index is 0.167. The first-order valence-electron chi connectivity index (χ1n) is 6.53. The third-order valence-corrected chi connectivity index (χ3v) is 1.66. The van der Waals surface area contributed by atoms with Crippen LogP contribution in [0, 0.1) is 0 Å². The van der Waals surface area contributed by atoms with Crippen molar-refractivity contribution in [3.63, 3.8) is 0 Å². The van der Waals surface area contributed by atoms with E-state index in [0.717, 1.165) is 0 Å². The van der Waals surface area contributed by atoms with E-state index in [2.05, 4.69) is 27.7 Å². The molecular formula is C14H32O. The predicted molar refractivity (Wildman–Crippen MR) is 71.4 cm³/mol. The first-order chi connectivity index (χ1) is 7.06. The molecule has 0 aliphatic heterocycles. The third kappa shape index (κ3) is 85.4. The molecule has 0 bridgehead atoms. The highest BCUT2D eigenvalue weighted by molar-refractivity contribution is 5.72. The maximum absolute atomic E-state index is 9.44. The standard InChI is InChI=1S/C6H14.C5H12.C3H6O/c1-3-5-6-4-2;1-3-5-4-2;1-3(2)4/h3-6H2,1-2H3;3-5H2,1-2H3;1-2H3. The van der Waals surface area contributed by atoms with E-state index >= 15 is 0 Å². The smallest absolute Gasteiger partial charge is 0.126 e. The molecule has 0 spiro atoms. The summed E-state index contributed by atoms with van der Waals surface area (Å²) in [5, 5.41) is 0. The summed E-state index contributed by atoms with van der Waals surface area (Å²) in [4.78, 5) is 9.44. The van der Waals surface area contributed by atoms with Crippen LogP contribution < -0.4 is 0 Å². The van der Waals surface area contributed by atoms with Crippen LogP contribution in [-0.4, -0.2) is 5.78 Å². The normalized spacial score (nSPS) is 8.13. The van der Waals surface area contributed by atoms with Crippen LogP contribution >= 0.6 is 0 Å². The quantitative estimate of drug-likeness (QED) is 0.564. The van der Waals surface area contributed by atoms with Crippen LogP contribution in [0.1, 0.15) is 86.5 Å². The molecule has 0 radical (unpaired) electrons. The van der Waals surface area contributed by atoms with Crippen LogP contribution in [0.5, 0.6) is 0 Å². The Bertz CT molecular complexity index is 87.5. The van der Waals surface area contributed by atoms with E-state index in [1.54, 1.807) is 0 Å². The molecule has 0 aromatic heterocycles. The highest BCUT2D eigenvalue weighted by Crippen LogP contribution is 1.95. The van der Waals surface area contributed by atoms with Gasteiger partial charge >= 0.3 is 0 Å². The van der Waals surface area contributed by atoms with Crippen molar-refractivity contribution < 1.29 is 4.79 Å². The molecule has 0 N–H and O–H groups in total. The fraction of sp³-hybridized carbons (Fsp3) is 0.929. The van der Waals surface area contributed by atoms with Crippen LogP contribution in [0.3, 0.4) is 0 Å². The molecule has 0 fully saturated rings. The van der Waals surface area contributed by atoms with Gasteiger partial charge in [0.25, 0.3) is 0 Å². The summed E-state index contributed by atoms with van der Waals surface area (Å²) in [6, 6.07) is 0. The number of unbranched alkanes of at least 4 members (excludes halogenated alkanes) is 5. The second kappa shape index (κ2) is 23.5. The number of hydrogen-bond acceptors (Lipinski definition) is 1. The van der Waals surface area contributed by atoms with Gasteiger partial charge < -0.3 is 4.79 Å². The minimum atomic E-state index is 0.167. The molecule has 94 valence electrons. The molecule has 0 rings (SSSR count). The molecule has 1 heteroatoms. The second-order valence-electron chi connectivity index (χ2n) is 3.97. The Hall–Kier alpha value is -0.330. The average Bonchev–Trinajstić information content (AvgIpc) is 2.16. The first kappa shape index (κ1) is 20.1. The Morgan fingerprint density at radius 2 is 0.867 bits per heavy atom. The molecule has 0 unspecified atom stereocenters. The van der Waals surface area contributed by atoms with Crippen LogP contribution in [0.4, 0.5) is 0 Å². The Morgan fingerprint density at radius 3 is 0.933 bits per heavy atom. The lowest BCUT2D eigenvalue weighted by molar-refractivity contribution is -0.114. The zero-order chi connectivity index (χ0) is 12.5. The number of Topliss-reactive ketones (excluding diaryl/α,β-unsaturated/α-hetero) is 1. The van der Waals surface area contributed by atoms with Gasteiger partial charge in [-0.05, 0) is 13.8 Å². The molecular weight excluding hydrogens is 184 g/mol. The average molecular weight is 216 g/mol. The number of hydrogen-bond donors (Lipinski definition) is 0. The van der Waals surface area contributed by atoms with E-state index in [-0.39, 0.29) is 5.78 Å². The van der Waals surface area contributed by atoms with E-state index < -0.39 is 0 Å². The summed E-state index contributed by atoms with van der Waals surface area (Å²) in [5.74, 6) is 0.167. The van der Waals surface area contributed by atoms with Crippen LogP contribution in [0.15, 0.2) is 0 Å². The van der Waals surface area contributed by atoms with Crippen LogP contribution in [0.25, 0.3) is 0 Å². The zero-order valence-electron chi connectivity index (χ0n) is 11.9. The van der Waals surface area contributed by atoms with Crippen molar-refractivity contribution in [3.05, 3.63) is 0 Å². The maximum Gasteiger partial charge on any atom is 0.126 e. The van der Waals surface area contributed by atoms with E-state index in [0.29, 0.717) is 0 Å². The first-order valence-corrected chi connectivity index (χ1v) is 6.53. The largest absolute Gasteiger partial charge is 0.300 e. The molecule has 0 aliphatic rings. The van der Waals surface area contributed by atoms with E-state index in [4.69, 9.17) is 0 Å². The van der Waals surface area contributed by atoms with Gasteiger partial charge in [-0.15, -0.1) is 0 Å². The zero-order valence-corrected chi connectivity index (χ0v) is 11.9. The molecule has 0 amide bonds. The van der Waals surface area contributed by atoms with Crippen molar-refractivity contribution in [2.24, 2.45) is 0 Å². The van der Waals surface area contributed by atoms with Crippen LogP contribution in [-0.2, 0) is 4.79 Å². The summed E-state index contributed by atoms with van der Waals surface area (Å²) in [7, 11) is 0. The van der Waals surface area contributed by atoms with Gasteiger partial charge in [0.15, 0.2) is 0 Å². The fourth-order valence-electron chi connectivity index (χ4n) is 0.854. The highest BCUT2D eigenvalue weighted by atomic mass is 16.1. The molecule has 0 aromatic rings. The summed E-state index contributed by atoms with van der Waals surface area (Å²) < 4.78 is 0. The highest BCUT2D eigenvalue weighted by Gasteiger charge is 1.75. The monoisotopic (exact) mass is 216 g/mol. The summed E-state index contributed by atoms with van der Waals surface area (Å²) >= 11 is 0. The van der Waals surface area contributed by atoms with E-state index in [1.807, 2.05) is 0 Å². The van der Waals surface area contributed by atoms with Gasteiger partial charge in [-0.3, -0.25) is 0 Å². The number of ketones is 1. The van der Waals surface area contributed by atoms with Gasteiger partial charge in [0, 0.05) is 0 Å². The molecule has 0 saturated heterocycles. The topological polar surface area (TPSA) is 17.1 Å². The Labute approximate surface area is 97.7 Å². The van der Waals surface area contributed by atoms with Gasteiger partial charge in [0.1, 0.15) is 5.78 Å². The van der Waals surface area contributed by atoms with Crippen molar-refractivity contribution in [1.29, 1.82) is 0 Å². The second-order valence-corrected chi connectivity index (χ2v) is 3.97. The van der Waals surface area contributed by atoms with Crippen molar-refractivity contribution in [2.75, 3.05) is 0 Å². The lowest BCUT2D eigenvalue weighted by Gasteiger charge is -1.86. The van der Waals surface area contributed by atoms with Crippen molar-refractivity contribution in [2.45, 2.75) is 86.5 Å². The maximum atomic E-state index is 9.44. The number of rotatable bonds is 5. The minimum Gasteiger partial charge on any atom is -0.300 e. The molecule has 0 saturated carbocycles. The molecule has 0 heterocycles. The number of carbonyl (C=O) groups excluding carboxylic acids is 1. The predicted octanol–water partition coefficient (Wildman–Crippen LogP) is 5.38. The van der Waals surface area contributed by atoms with Gasteiger partial charge in [-0.1, -0.05) is 72.6 Å². The van der Waals surface area contributed by atoms with Crippen molar-refractivity contribution in [1.82, 2.24) is 0 Å². The molecule has 1 nitrogen and oxygen atoms in total. The molecule has 0 atom stereocenters. The summed E-state index contributed by atoms with van der Waals surface area (Å²) in [5.41, 5.74) is 0.